The number of nitrogens with zero attached hydrogens (tertiary/aromatic N) is 1. The Kier molecular flexibility index (Phi) is 2.93. The molecule has 1 aromatic carbocycles. The van der Waals surface area contributed by atoms with E-state index >= 15 is 0 Å². The third-order valence-corrected chi connectivity index (χ3v) is 2.47. The van der Waals surface area contributed by atoms with Crippen LogP contribution in [0.1, 0.15) is 12.6 Å². The number of fused-ring (bicyclic) bond motifs is 1. The van der Waals surface area contributed by atoms with E-state index in [0.29, 0.717) is 22.2 Å². The van der Waals surface area contributed by atoms with Crippen LogP contribution in [0.4, 0.5) is 5.69 Å². The number of aromatic nitrogens is 1. The van der Waals surface area contributed by atoms with Crippen LogP contribution in [-0.4, -0.2) is 16.8 Å². The number of ketones is 1. The molecule has 0 aliphatic rings. The maximum absolute atomic E-state index is 11.4. The summed E-state index contributed by atoms with van der Waals surface area (Å²) < 4.78 is 4.58. The minimum Gasteiger partial charge on any atom is -0.319 e. The third-order valence-electron chi connectivity index (χ3n) is 2.47. The highest BCUT2D eigenvalue weighted by atomic mass is 16.5. The van der Waals surface area contributed by atoms with Crippen molar-refractivity contribution < 1.29 is 14.1 Å². The molecule has 0 spiro atoms. The number of Topliss-reactive ketones (excluding diaryl/α,β-unsaturated/α-hetero) is 1. The van der Waals surface area contributed by atoms with Gasteiger partial charge in [-0.1, -0.05) is 5.16 Å². The molecule has 2 aromatic rings. The largest absolute Gasteiger partial charge is 0.366 e. The second-order valence-electron chi connectivity index (χ2n) is 3.83. The summed E-state index contributed by atoms with van der Waals surface area (Å²) in [6, 6.07) is 4.63. The third kappa shape index (κ3) is 2.13. The molecule has 6 heteroatoms. The average molecular weight is 246 g/mol. The maximum atomic E-state index is 11.4. The number of hydrogen-bond acceptors (Lipinski definition) is 5. The fraction of sp³-hybridized carbons (Fsp3) is 0.167. The monoisotopic (exact) mass is 246 g/mol. The minimum absolute atomic E-state index is 0.378. The molecule has 0 saturated heterocycles. The first-order chi connectivity index (χ1) is 8.49. The fourth-order valence-corrected chi connectivity index (χ4v) is 1.53. The van der Waals surface area contributed by atoms with Gasteiger partial charge in [-0.15, -0.1) is 0 Å². The van der Waals surface area contributed by atoms with Gasteiger partial charge in [0.1, 0.15) is 0 Å². The summed E-state index contributed by atoms with van der Waals surface area (Å²) in [6.07, 6.45) is 0. The standard InChI is InChI=1S/C12H10N2O4/c1-6-10-5-8(13-11(16)7(2)15)3-4-9(10)12(17)18-14-6/h3-5H,1-2H3,(H,13,16). The first-order valence-electron chi connectivity index (χ1n) is 5.21. The Morgan fingerprint density at radius 1 is 1.28 bits per heavy atom. The lowest BCUT2D eigenvalue weighted by Gasteiger charge is -2.04. The van der Waals surface area contributed by atoms with E-state index in [1.807, 2.05) is 0 Å². The first-order valence-corrected chi connectivity index (χ1v) is 5.21. The molecule has 1 aromatic heterocycles. The minimum atomic E-state index is -0.706. The lowest BCUT2D eigenvalue weighted by molar-refractivity contribution is -0.133. The lowest BCUT2D eigenvalue weighted by atomic mass is 10.1. The predicted octanol–water partition coefficient (Wildman–Crippen LogP) is 1.02. The molecule has 92 valence electrons. The molecule has 0 bridgehead atoms. The van der Waals surface area contributed by atoms with Crippen LogP contribution in [0.5, 0.6) is 0 Å². The number of carbonyl (C=O) groups is 2. The molecule has 1 amide bonds. The highest BCUT2D eigenvalue weighted by Crippen LogP contribution is 2.18. The van der Waals surface area contributed by atoms with Crippen LogP contribution in [0.25, 0.3) is 10.8 Å². The number of amides is 1. The van der Waals surface area contributed by atoms with Gasteiger partial charge in [-0.25, -0.2) is 4.79 Å². The first kappa shape index (κ1) is 12.0. The van der Waals surface area contributed by atoms with Gasteiger partial charge in [-0.2, -0.15) is 0 Å². The quantitative estimate of drug-likeness (QED) is 0.799. The van der Waals surface area contributed by atoms with Crippen molar-refractivity contribution in [2.45, 2.75) is 13.8 Å². The van der Waals surface area contributed by atoms with Gasteiger partial charge in [-0.05, 0) is 25.1 Å². The van der Waals surface area contributed by atoms with E-state index in [9.17, 15) is 14.4 Å². The fourth-order valence-electron chi connectivity index (χ4n) is 1.53. The number of anilines is 1. The molecule has 0 aliphatic heterocycles. The number of nitrogens with one attached hydrogen (secondary N) is 1. The van der Waals surface area contributed by atoms with Crippen molar-refractivity contribution in [2.24, 2.45) is 0 Å². The molecule has 0 aliphatic carbocycles. The normalized spacial score (nSPS) is 10.3. The van der Waals surface area contributed by atoms with Crippen molar-refractivity contribution in [1.82, 2.24) is 5.16 Å². The van der Waals surface area contributed by atoms with Gasteiger partial charge >= 0.3 is 5.63 Å². The Labute approximate surface area is 102 Å². The molecular formula is C12H10N2O4. The lowest BCUT2D eigenvalue weighted by Crippen LogP contribution is -2.19. The molecule has 1 N–H and O–H groups in total. The highest BCUT2D eigenvalue weighted by molar-refractivity contribution is 6.39. The van der Waals surface area contributed by atoms with Gasteiger partial charge < -0.3 is 9.84 Å². The summed E-state index contributed by atoms with van der Waals surface area (Å²) in [5.74, 6) is -1.29. The van der Waals surface area contributed by atoms with Gasteiger partial charge in [0.25, 0.3) is 5.91 Å². The van der Waals surface area contributed by atoms with Gasteiger partial charge in [0, 0.05) is 18.0 Å². The zero-order chi connectivity index (χ0) is 13.3. The van der Waals surface area contributed by atoms with Gasteiger partial charge in [0.15, 0.2) is 0 Å². The number of carbonyl (C=O) groups excluding carboxylic acids is 2. The Bertz CT molecular complexity index is 703. The van der Waals surface area contributed by atoms with E-state index in [0.717, 1.165) is 0 Å². The summed E-state index contributed by atoms with van der Waals surface area (Å²) in [7, 11) is 0. The summed E-state index contributed by atoms with van der Waals surface area (Å²) in [4.78, 5) is 33.5. The molecule has 0 saturated carbocycles. The zero-order valence-corrected chi connectivity index (χ0v) is 9.81. The smallest absolute Gasteiger partial charge is 0.319 e. The number of rotatable bonds is 2. The Balaban J connectivity index is 2.51. The molecule has 0 unspecified atom stereocenters. The second kappa shape index (κ2) is 4.40. The molecular weight excluding hydrogens is 236 g/mol. The summed E-state index contributed by atoms with van der Waals surface area (Å²) in [5, 5.41) is 6.98. The van der Waals surface area contributed by atoms with E-state index in [-0.39, 0.29) is 0 Å². The maximum Gasteiger partial charge on any atom is 0.366 e. The Morgan fingerprint density at radius 2 is 2.00 bits per heavy atom. The van der Waals surface area contributed by atoms with Gasteiger partial charge in [0.05, 0.1) is 11.1 Å². The SMILES string of the molecule is CC(=O)C(=O)Nc1ccc2c(=O)onc(C)c2c1. The van der Waals surface area contributed by atoms with Crippen LogP contribution in [-0.2, 0) is 9.59 Å². The van der Waals surface area contributed by atoms with E-state index in [4.69, 9.17) is 0 Å². The predicted molar refractivity (Wildman–Crippen MR) is 64.3 cm³/mol. The van der Waals surface area contributed by atoms with Crippen LogP contribution in [0.2, 0.25) is 0 Å². The van der Waals surface area contributed by atoms with E-state index in [1.165, 1.54) is 19.1 Å². The van der Waals surface area contributed by atoms with Crippen LogP contribution in [0.15, 0.2) is 27.5 Å². The topological polar surface area (TPSA) is 89.3 Å². The van der Waals surface area contributed by atoms with Crippen molar-refractivity contribution in [3.8, 4) is 0 Å². The molecule has 6 nitrogen and oxygen atoms in total. The van der Waals surface area contributed by atoms with Crippen molar-refractivity contribution in [3.05, 3.63) is 34.3 Å². The van der Waals surface area contributed by atoms with Gasteiger partial charge in [0.2, 0.25) is 5.78 Å². The molecule has 18 heavy (non-hydrogen) atoms. The highest BCUT2D eigenvalue weighted by Gasteiger charge is 2.10. The molecule has 0 atom stereocenters. The average Bonchev–Trinajstić information content (AvgIpc) is 2.34. The zero-order valence-electron chi connectivity index (χ0n) is 9.81. The van der Waals surface area contributed by atoms with Crippen molar-refractivity contribution in [3.63, 3.8) is 0 Å². The number of benzene rings is 1. The number of aryl methyl sites for hydroxylation is 1. The Hall–Kier alpha value is -2.50. The van der Waals surface area contributed by atoms with Crippen LogP contribution >= 0.6 is 0 Å². The summed E-state index contributed by atoms with van der Waals surface area (Å²) in [6.45, 7) is 2.86. The Morgan fingerprint density at radius 3 is 2.67 bits per heavy atom. The van der Waals surface area contributed by atoms with E-state index < -0.39 is 17.3 Å². The summed E-state index contributed by atoms with van der Waals surface area (Å²) >= 11 is 0. The molecule has 2 rings (SSSR count). The van der Waals surface area contributed by atoms with Gasteiger partial charge in [-0.3, -0.25) is 9.59 Å². The molecule has 1 heterocycles. The molecule has 0 radical (unpaired) electrons. The summed E-state index contributed by atoms with van der Waals surface area (Å²) in [5.41, 5.74) is 0.418. The van der Waals surface area contributed by atoms with Crippen molar-refractivity contribution in [1.29, 1.82) is 0 Å². The van der Waals surface area contributed by atoms with E-state index in [1.54, 1.807) is 13.0 Å². The van der Waals surface area contributed by atoms with Crippen LogP contribution in [0.3, 0.4) is 0 Å². The molecule has 0 fully saturated rings. The van der Waals surface area contributed by atoms with Crippen molar-refractivity contribution in [2.75, 3.05) is 5.32 Å². The van der Waals surface area contributed by atoms with Crippen LogP contribution in [0, 0.1) is 6.92 Å². The second-order valence-corrected chi connectivity index (χ2v) is 3.83. The van der Waals surface area contributed by atoms with Crippen molar-refractivity contribution >= 4 is 28.2 Å². The van der Waals surface area contributed by atoms with Crippen LogP contribution < -0.4 is 10.9 Å². The number of hydrogen-bond donors (Lipinski definition) is 1. The van der Waals surface area contributed by atoms with E-state index in [2.05, 4.69) is 15.0 Å².